The van der Waals surface area contributed by atoms with Crippen LogP contribution in [0.4, 0.5) is 0 Å². The van der Waals surface area contributed by atoms with E-state index >= 15 is 0 Å². The summed E-state index contributed by atoms with van der Waals surface area (Å²) in [5.41, 5.74) is 0.265. The van der Waals surface area contributed by atoms with Crippen LogP contribution in [0.1, 0.15) is 46.3 Å². The molecule has 2 aromatic rings. The Kier molecular flexibility index (Phi) is 7.62. The molecule has 136 valence electrons. The first-order valence-corrected chi connectivity index (χ1v) is 9.05. The van der Waals surface area contributed by atoms with Gasteiger partial charge < -0.3 is 18.8 Å². The molecule has 0 radical (unpaired) electrons. The predicted molar refractivity (Wildman–Crippen MR) is 92.6 cm³/mol. The van der Waals surface area contributed by atoms with E-state index < -0.39 is 5.97 Å². The summed E-state index contributed by atoms with van der Waals surface area (Å²) in [5.74, 6) is -0.391. The van der Waals surface area contributed by atoms with Gasteiger partial charge in [-0.1, -0.05) is 0 Å². The maximum Gasteiger partial charge on any atom is 0.357 e. The molecule has 25 heavy (non-hydrogen) atoms. The number of carbonyl (C=O) groups is 2. The minimum absolute atomic E-state index is 0.214. The molecule has 0 aliphatic carbocycles. The number of rotatable bonds is 10. The van der Waals surface area contributed by atoms with Crippen LogP contribution in [0.25, 0.3) is 0 Å². The second-order valence-corrected chi connectivity index (χ2v) is 6.04. The van der Waals surface area contributed by atoms with Crippen molar-refractivity contribution in [2.24, 2.45) is 0 Å². The van der Waals surface area contributed by atoms with Gasteiger partial charge in [-0.2, -0.15) is 0 Å². The smallest absolute Gasteiger partial charge is 0.357 e. The third-order valence-electron chi connectivity index (χ3n) is 3.30. The summed E-state index contributed by atoms with van der Waals surface area (Å²) in [6.45, 7) is 5.99. The van der Waals surface area contributed by atoms with Gasteiger partial charge >= 0.3 is 5.97 Å². The topological polar surface area (TPSA) is 81.9 Å². The van der Waals surface area contributed by atoms with Gasteiger partial charge in [-0.05, 0) is 32.4 Å². The predicted octanol–water partition coefficient (Wildman–Crippen LogP) is 2.98. The standard InChI is InChI=1S/C17H22N2O5S/c1-3-22-9-6-8-19(16(20)14-7-5-10-24-14)11-15-18-13(12-25-15)17(21)23-4-2/h5,7,10,12H,3-4,6,8-9,11H2,1-2H3. The monoisotopic (exact) mass is 366 g/mol. The van der Waals surface area contributed by atoms with Gasteiger partial charge in [0.25, 0.3) is 5.91 Å². The first kappa shape index (κ1) is 19.1. The highest BCUT2D eigenvalue weighted by atomic mass is 32.1. The molecule has 0 fully saturated rings. The Balaban J connectivity index is 2.04. The van der Waals surface area contributed by atoms with Crippen LogP contribution >= 0.6 is 11.3 Å². The highest BCUT2D eigenvalue weighted by molar-refractivity contribution is 7.09. The maximum atomic E-state index is 12.6. The summed E-state index contributed by atoms with van der Waals surface area (Å²) >= 11 is 1.32. The normalized spacial score (nSPS) is 10.6. The van der Waals surface area contributed by atoms with Crippen LogP contribution in [0.3, 0.4) is 0 Å². The number of aromatic nitrogens is 1. The number of nitrogens with zero attached hydrogens (tertiary/aromatic N) is 2. The SMILES string of the molecule is CCOCCCN(Cc1nc(C(=O)OCC)cs1)C(=O)c1ccco1. The Morgan fingerprint density at radius 1 is 1.32 bits per heavy atom. The molecule has 0 atom stereocenters. The highest BCUT2D eigenvalue weighted by Gasteiger charge is 2.20. The maximum absolute atomic E-state index is 12.6. The van der Waals surface area contributed by atoms with E-state index in [1.807, 2.05) is 6.92 Å². The van der Waals surface area contributed by atoms with E-state index in [2.05, 4.69) is 4.98 Å². The first-order chi connectivity index (χ1) is 12.2. The summed E-state index contributed by atoms with van der Waals surface area (Å²) in [4.78, 5) is 30.2. The summed E-state index contributed by atoms with van der Waals surface area (Å²) in [6, 6.07) is 3.30. The van der Waals surface area contributed by atoms with Crippen molar-refractivity contribution in [2.45, 2.75) is 26.8 Å². The fourth-order valence-electron chi connectivity index (χ4n) is 2.16. The summed E-state index contributed by atoms with van der Waals surface area (Å²) in [7, 11) is 0. The summed E-state index contributed by atoms with van der Waals surface area (Å²) in [6.07, 6.45) is 2.17. The van der Waals surface area contributed by atoms with E-state index in [1.165, 1.54) is 17.6 Å². The number of carbonyl (C=O) groups excluding carboxylic acids is 2. The molecule has 0 aliphatic heterocycles. The lowest BCUT2D eigenvalue weighted by atomic mass is 10.3. The van der Waals surface area contributed by atoms with E-state index in [1.54, 1.807) is 29.3 Å². The molecule has 0 spiro atoms. The molecule has 2 heterocycles. The van der Waals surface area contributed by atoms with Gasteiger partial charge in [-0.25, -0.2) is 9.78 Å². The minimum Gasteiger partial charge on any atom is -0.461 e. The number of furan rings is 1. The van der Waals surface area contributed by atoms with Crippen LogP contribution < -0.4 is 0 Å². The number of amides is 1. The van der Waals surface area contributed by atoms with Crippen molar-refractivity contribution >= 4 is 23.2 Å². The van der Waals surface area contributed by atoms with Gasteiger partial charge in [0.05, 0.1) is 19.4 Å². The summed E-state index contributed by atoms with van der Waals surface area (Å²) < 4.78 is 15.5. The van der Waals surface area contributed by atoms with Crippen molar-refractivity contribution < 1.29 is 23.5 Å². The van der Waals surface area contributed by atoms with Gasteiger partial charge in [-0.15, -0.1) is 11.3 Å². The zero-order valence-corrected chi connectivity index (χ0v) is 15.2. The fraction of sp³-hybridized carbons (Fsp3) is 0.471. The third kappa shape index (κ3) is 5.68. The molecule has 2 aromatic heterocycles. The molecule has 0 aliphatic rings. The van der Waals surface area contributed by atoms with Gasteiger partial charge in [0.2, 0.25) is 0 Å². The molecule has 0 bridgehead atoms. The molecule has 1 amide bonds. The number of thiazole rings is 1. The number of hydrogen-bond donors (Lipinski definition) is 0. The van der Waals surface area contributed by atoms with Gasteiger partial charge in [-0.3, -0.25) is 4.79 Å². The zero-order chi connectivity index (χ0) is 18.1. The lowest BCUT2D eigenvalue weighted by Gasteiger charge is -2.20. The molecule has 0 unspecified atom stereocenters. The van der Waals surface area contributed by atoms with Crippen molar-refractivity contribution in [3.63, 3.8) is 0 Å². The van der Waals surface area contributed by atoms with Gasteiger partial charge in [0.1, 0.15) is 5.01 Å². The van der Waals surface area contributed by atoms with Crippen molar-refractivity contribution in [1.82, 2.24) is 9.88 Å². The lowest BCUT2D eigenvalue weighted by molar-refractivity contribution is 0.0520. The number of ether oxygens (including phenoxy) is 2. The molecule has 0 saturated carbocycles. The van der Waals surface area contributed by atoms with Crippen molar-refractivity contribution in [3.8, 4) is 0 Å². The zero-order valence-electron chi connectivity index (χ0n) is 14.4. The van der Waals surface area contributed by atoms with E-state index in [0.717, 1.165) is 0 Å². The van der Waals surface area contributed by atoms with E-state index in [9.17, 15) is 9.59 Å². The number of esters is 1. The number of hydrogen-bond acceptors (Lipinski definition) is 7. The Morgan fingerprint density at radius 2 is 2.16 bits per heavy atom. The Morgan fingerprint density at radius 3 is 2.84 bits per heavy atom. The van der Waals surface area contributed by atoms with Crippen molar-refractivity contribution in [1.29, 1.82) is 0 Å². The molecular formula is C17H22N2O5S. The largest absolute Gasteiger partial charge is 0.461 e. The molecular weight excluding hydrogens is 344 g/mol. The first-order valence-electron chi connectivity index (χ1n) is 8.17. The molecule has 0 N–H and O–H groups in total. The molecule has 8 heteroatoms. The quantitative estimate of drug-likeness (QED) is 0.475. The van der Waals surface area contributed by atoms with Gasteiger partial charge in [0, 0.05) is 25.1 Å². The van der Waals surface area contributed by atoms with Crippen LogP contribution in [0.15, 0.2) is 28.2 Å². The Hall–Kier alpha value is -2.19. The molecule has 2 rings (SSSR count). The molecule has 0 saturated heterocycles. The van der Waals surface area contributed by atoms with E-state index in [4.69, 9.17) is 13.9 Å². The second-order valence-electron chi connectivity index (χ2n) is 5.10. The van der Waals surface area contributed by atoms with Crippen LogP contribution in [0, 0.1) is 0 Å². The van der Waals surface area contributed by atoms with E-state index in [-0.39, 0.29) is 17.4 Å². The second kappa shape index (κ2) is 9.95. The Labute approximate surface area is 150 Å². The summed E-state index contributed by atoms with van der Waals surface area (Å²) in [5, 5.41) is 2.31. The average molecular weight is 366 g/mol. The van der Waals surface area contributed by atoms with Crippen molar-refractivity contribution in [3.05, 3.63) is 40.2 Å². The molecule has 0 aromatic carbocycles. The van der Waals surface area contributed by atoms with Crippen LogP contribution in [-0.4, -0.2) is 48.1 Å². The fourth-order valence-corrected chi connectivity index (χ4v) is 2.93. The van der Waals surface area contributed by atoms with Crippen molar-refractivity contribution in [2.75, 3.05) is 26.4 Å². The van der Waals surface area contributed by atoms with Crippen LogP contribution in [-0.2, 0) is 16.0 Å². The van der Waals surface area contributed by atoms with E-state index in [0.29, 0.717) is 44.3 Å². The minimum atomic E-state index is -0.453. The van der Waals surface area contributed by atoms with Crippen LogP contribution in [0.2, 0.25) is 0 Å². The average Bonchev–Trinajstić information content (AvgIpc) is 3.29. The Bertz CT molecular complexity index is 668. The molecule has 7 nitrogen and oxygen atoms in total. The lowest BCUT2D eigenvalue weighted by Crippen LogP contribution is -2.32. The van der Waals surface area contributed by atoms with Gasteiger partial charge in [0.15, 0.2) is 11.5 Å². The highest BCUT2D eigenvalue weighted by Crippen LogP contribution is 2.16. The third-order valence-corrected chi connectivity index (χ3v) is 4.14. The van der Waals surface area contributed by atoms with Crippen LogP contribution in [0.5, 0.6) is 0 Å².